The van der Waals surface area contributed by atoms with Crippen LogP contribution in [0.1, 0.15) is 23.5 Å². The van der Waals surface area contributed by atoms with E-state index in [4.69, 9.17) is 15.9 Å². The number of nitrogens with two attached hydrogens (primary N) is 1. The predicted octanol–water partition coefficient (Wildman–Crippen LogP) is 0.735. The van der Waals surface area contributed by atoms with Gasteiger partial charge in [-0.25, -0.2) is 0 Å². The number of hydrogen-bond acceptors (Lipinski definition) is 3. The second-order valence-electron chi connectivity index (χ2n) is 4.77. The molecule has 0 saturated heterocycles. The molecule has 1 amide bonds. The summed E-state index contributed by atoms with van der Waals surface area (Å²) in [5.41, 5.74) is 7.62. The fraction of sp³-hybridized carbons (Fsp3) is 0.385. The van der Waals surface area contributed by atoms with E-state index in [0.717, 1.165) is 25.2 Å². The van der Waals surface area contributed by atoms with E-state index >= 15 is 0 Å². The number of carbonyl (C=O) groups excluding carboxylic acids is 1. The van der Waals surface area contributed by atoms with Gasteiger partial charge in [0.15, 0.2) is 5.96 Å². The second kappa shape index (κ2) is 4.01. The van der Waals surface area contributed by atoms with Gasteiger partial charge in [0.25, 0.3) is 0 Å². The van der Waals surface area contributed by atoms with E-state index < -0.39 is 0 Å². The number of nitrogens with one attached hydrogen (secondary N) is 2. The van der Waals surface area contributed by atoms with Crippen LogP contribution < -0.4 is 15.8 Å². The van der Waals surface area contributed by atoms with Crippen molar-refractivity contribution < 1.29 is 9.53 Å². The lowest BCUT2D eigenvalue weighted by Gasteiger charge is -2.06. The molecule has 1 heterocycles. The largest absolute Gasteiger partial charge is 0.493 e. The molecule has 1 aliphatic heterocycles. The van der Waals surface area contributed by atoms with Crippen LogP contribution in [-0.4, -0.2) is 18.5 Å². The Morgan fingerprint density at radius 3 is 3.11 bits per heavy atom. The zero-order valence-corrected chi connectivity index (χ0v) is 9.90. The number of benzene rings is 1. The van der Waals surface area contributed by atoms with E-state index in [1.54, 1.807) is 0 Å². The van der Waals surface area contributed by atoms with Crippen molar-refractivity contribution in [1.82, 2.24) is 5.32 Å². The molecule has 0 spiro atoms. The molecule has 2 atom stereocenters. The average Bonchev–Trinajstić information content (AvgIpc) is 2.97. The molecule has 5 nitrogen and oxygen atoms in total. The molecule has 18 heavy (non-hydrogen) atoms. The molecular formula is C13H15N3O2. The van der Waals surface area contributed by atoms with Gasteiger partial charge >= 0.3 is 0 Å². The summed E-state index contributed by atoms with van der Waals surface area (Å²) in [5, 5.41) is 9.43. The summed E-state index contributed by atoms with van der Waals surface area (Å²) in [6, 6.07) is 6.01. The Kier molecular flexibility index (Phi) is 2.47. The topological polar surface area (TPSA) is 88.2 Å². The molecule has 0 radical (unpaired) electrons. The molecule has 1 saturated carbocycles. The van der Waals surface area contributed by atoms with Gasteiger partial charge in [0, 0.05) is 17.9 Å². The van der Waals surface area contributed by atoms with Gasteiger partial charge in [-0.2, -0.15) is 0 Å². The molecule has 1 aromatic carbocycles. The molecule has 2 aliphatic rings. The summed E-state index contributed by atoms with van der Waals surface area (Å²) in [5.74, 6) is 0.711. The van der Waals surface area contributed by atoms with Crippen LogP contribution in [0.2, 0.25) is 0 Å². The van der Waals surface area contributed by atoms with Crippen molar-refractivity contribution in [3.05, 3.63) is 29.3 Å². The van der Waals surface area contributed by atoms with Crippen molar-refractivity contribution in [2.45, 2.75) is 18.8 Å². The summed E-state index contributed by atoms with van der Waals surface area (Å²) in [4.78, 5) is 11.7. The van der Waals surface area contributed by atoms with Gasteiger partial charge in [-0.1, -0.05) is 12.1 Å². The first-order chi connectivity index (χ1) is 8.66. The average molecular weight is 245 g/mol. The van der Waals surface area contributed by atoms with Gasteiger partial charge < -0.3 is 10.5 Å². The Morgan fingerprint density at radius 1 is 1.50 bits per heavy atom. The molecule has 1 aromatic rings. The third-order valence-electron chi connectivity index (χ3n) is 3.56. The van der Waals surface area contributed by atoms with Gasteiger partial charge in [0.2, 0.25) is 5.91 Å². The second-order valence-corrected chi connectivity index (χ2v) is 4.77. The van der Waals surface area contributed by atoms with Crippen LogP contribution in [0.25, 0.3) is 0 Å². The number of amides is 1. The number of ether oxygens (including phenoxy) is 1. The number of guanidine groups is 1. The maximum absolute atomic E-state index is 11.7. The minimum Gasteiger partial charge on any atom is -0.493 e. The first kappa shape index (κ1) is 11.1. The molecule has 94 valence electrons. The van der Waals surface area contributed by atoms with Crippen LogP contribution in [-0.2, 0) is 11.2 Å². The molecule has 3 rings (SSSR count). The Labute approximate surface area is 105 Å². The van der Waals surface area contributed by atoms with Crippen molar-refractivity contribution >= 4 is 11.9 Å². The first-order valence-electron chi connectivity index (χ1n) is 6.06. The van der Waals surface area contributed by atoms with Crippen LogP contribution in [0.4, 0.5) is 0 Å². The number of hydrogen-bond donors (Lipinski definition) is 3. The number of fused-ring (bicyclic) bond motifs is 1. The zero-order chi connectivity index (χ0) is 12.7. The van der Waals surface area contributed by atoms with E-state index in [-0.39, 0.29) is 23.7 Å². The van der Waals surface area contributed by atoms with Crippen LogP contribution in [0.5, 0.6) is 5.75 Å². The highest BCUT2D eigenvalue weighted by Crippen LogP contribution is 2.50. The maximum Gasteiger partial charge on any atom is 0.230 e. The summed E-state index contributed by atoms with van der Waals surface area (Å²) < 4.78 is 5.52. The van der Waals surface area contributed by atoms with Crippen LogP contribution >= 0.6 is 0 Å². The standard InChI is InChI=1S/C13H15N3O2/c14-13(15)16-12(17)10-6-9(10)7-2-1-3-11-8(7)4-5-18-11/h1-3,9-10H,4-6H2,(H4,14,15,16,17). The first-order valence-corrected chi connectivity index (χ1v) is 6.06. The Morgan fingerprint density at radius 2 is 2.33 bits per heavy atom. The summed E-state index contributed by atoms with van der Waals surface area (Å²) in [7, 11) is 0. The van der Waals surface area contributed by atoms with Crippen molar-refractivity contribution in [1.29, 1.82) is 5.41 Å². The van der Waals surface area contributed by atoms with Crippen LogP contribution in [0.3, 0.4) is 0 Å². The minimum atomic E-state index is -0.285. The highest BCUT2D eigenvalue weighted by atomic mass is 16.5. The predicted molar refractivity (Wildman–Crippen MR) is 66.5 cm³/mol. The van der Waals surface area contributed by atoms with Crippen molar-refractivity contribution in [3.63, 3.8) is 0 Å². The van der Waals surface area contributed by atoms with Gasteiger partial charge in [-0.05, 0) is 24.0 Å². The quantitative estimate of drug-likeness (QED) is 0.530. The fourth-order valence-electron chi connectivity index (χ4n) is 2.65. The maximum atomic E-state index is 11.7. The molecular weight excluding hydrogens is 230 g/mol. The minimum absolute atomic E-state index is 0.0546. The summed E-state index contributed by atoms with van der Waals surface area (Å²) in [6.45, 7) is 0.726. The molecule has 1 fully saturated rings. The zero-order valence-electron chi connectivity index (χ0n) is 9.90. The third kappa shape index (κ3) is 1.81. The third-order valence-corrected chi connectivity index (χ3v) is 3.56. The van der Waals surface area contributed by atoms with E-state index in [0.29, 0.717) is 0 Å². The van der Waals surface area contributed by atoms with Gasteiger partial charge in [0.05, 0.1) is 6.61 Å². The molecule has 0 aromatic heterocycles. The molecule has 4 N–H and O–H groups in total. The Balaban J connectivity index is 1.77. The van der Waals surface area contributed by atoms with Crippen LogP contribution in [0.15, 0.2) is 18.2 Å². The van der Waals surface area contributed by atoms with Crippen molar-refractivity contribution in [3.8, 4) is 5.75 Å². The number of carbonyl (C=O) groups is 1. The van der Waals surface area contributed by atoms with E-state index in [1.165, 1.54) is 11.1 Å². The van der Waals surface area contributed by atoms with Crippen molar-refractivity contribution in [2.24, 2.45) is 11.7 Å². The fourth-order valence-corrected chi connectivity index (χ4v) is 2.65. The van der Waals surface area contributed by atoms with Gasteiger partial charge in [-0.15, -0.1) is 0 Å². The van der Waals surface area contributed by atoms with Crippen LogP contribution in [0, 0.1) is 11.3 Å². The molecule has 5 heteroatoms. The van der Waals surface area contributed by atoms with Crippen molar-refractivity contribution in [2.75, 3.05) is 6.61 Å². The number of rotatable bonds is 2. The molecule has 1 aliphatic carbocycles. The van der Waals surface area contributed by atoms with Gasteiger partial charge in [-0.3, -0.25) is 15.5 Å². The normalized spacial score (nSPS) is 24.0. The Bertz CT molecular complexity index is 527. The van der Waals surface area contributed by atoms with Gasteiger partial charge in [0.1, 0.15) is 5.75 Å². The highest BCUT2D eigenvalue weighted by Gasteiger charge is 2.45. The summed E-state index contributed by atoms with van der Waals surface area (Å²) in [6.07, 6.45) is 1.75. The van der Waals surface area contributed by atoms with E-state index in [2.05, 4.69) is 11.4 Å². The smallest absolute Gasteiger partial charge is 0.230 e. The lowest BCUT2D eigenvalue weighted by atomic mass is 10.00. The SMILES string of the molecule is N=C(N)NC(=O)C1CC1c1cccc2c1CCO2. The molecule has 0 bridgehead atoms. The lowest BCUT2D eigenvalue weighted by Crippen LogP contribution is -2.36. The van der Waals surface area contributed by atoms with E-state index in [9.17, 15) is 4.79 Å². The Hall–Kier alpha value is -2.04. The van der Waals surface area contributed by atoms with E-state index in [1.807, 2.05) is 12.1 Å². The lowest BCUT2D eigenvalue weighted by molar-refractivity contribution is -0.121. The highest BCUT2D eigenvalue weighted by molar-refractivity contribution is 5.97. The summed E-state index contributed by atoms with van der Waals surface area (Å²) >= 11 is 0. The monoisotopic (exact) mass is 245 g/mol. The molecule has 2 unspecified atom stereocenters.